The van der Waals surface area contributed by atoms with Crippen molar-refractivity contribution in [2.75, 3.05) is 31.9 Å². The van der Waals surface area contributed by atoms with Gasteiger partial charge < -0.3 is 4.90 Å². The second kappa shape index (κ2) is 8.42. The smallest absolute Gasteiger partial charge is 0.244 e. The van der Waals surface area contributed by atoms with Gasteiger partial charge in [0.05, 0.1) is 16.2 Å². The van der Waals surface area contributed by atoms with Crippen molar-refractivity contribution in [2.45, 2.75) is 35.8 Å². The van der Waals surface area contributed by atoms with Gasteiger partial charge in [0.1, 0.15) is 6.07 Å². The molecule has 3 rings (SSSR count). The van der Waals surface area contributed by atoms with E-state index < -0.39 is 10.0 Å². The Balaban J connectivity index is 1.57. The van der Waals surface area contributed by atoms with Crippen LogP contribution >= 0.6 is 11.8 Å². The third-order valence-corrected chi connectivity index (χ3v) is 8.27. The SMILES string of the molecule is N#Cc1ccccc1S(=O)(=O)N1CCN(C(=O)CSC2CCCC2)CC1. The topological polar surface area (TPSA) is 81.5 Å². The molecule has 1 amide bonds. The molecule has 1 aliphatic heterocycles. The average molecular weight is 394 g/mol. The molecule has 2 fully saturated rings. The molecule has 0 spiro atoms. The predicted octanol–water partition coefficient (Wildman–Crippen LogP) is 2.07. The van der Waals surface area contributed by atoms with Crippen LogP contribution in [0.4, 0.5) is 0 Å². The molecule has 2 aliphatic rings. The lowest BCUT2D eigenvalue weighted by atomic mass is 10.2. The van der Waals surface area contributed by atoms with E-state index in [1.165, 1.54) is 42.1 Å². The number of rotatable bonds is 5. The van der Waals surface area contributed by atoms with E-state index in [4.69, 9.17) is 5.26 Å². The zero-order valence-electron chi connectivity index (χ0n) is 14.6. The van der Waals surface area contributed by atoms with E-state index in [1.807, 2.05) is 6.07 Å². The molecule has 1 saturated carbocycles. The van der Waals surface area contributed by atoms with Gasteiger partial charge in [0.2, 0.25) is 15.9 Å². The summed E-state index contributed by atoms with van der Waals surface area (Å²) in [6.45, 7) is 1.33. The van der Waals surface area contributed by atoms with Crippen LogP contribution in [-0.2, 0) is 14.8 Å². The minimum atomic E-state index is -3.71. The summed E-state index contributed by atoms with van der Waals surface area (Å²) in [4.78, 5) is 14.2. The zero-order chi connectivity index (χ0) is 18.6. The third kappa shape index (κ3) is 4.22. The molecular weight excluding hydrogens is 370 g/mol. The van der Waals surface area contributed by atoms with Crippen LogP contribution in [0.2, 0.25) is 0 Å². The van der Waals surface area contributed by atoms with E-state index in [2.05, 4.69) is 0 Å². The first-order valence-electron chi connectivity index (χ1n) is 8.91. The predicted molar refractivity (Wildman–Crippen MR) is 101 cm³/mol. The summed E-state index contributed by atoms with van der Waals surface area (Å²) in [5, 5.41) is 9.76. The van der Waals surface area contributed by atoms with Gasteiger partial charge in [0.25, 0.3) is 0 Å². The summed E-state index contributed by atoms with van der Waals surface area (Å²) in [7, 11) is -3.71. The van der Waals surface area contributed by atoms with Crippen LogP contribution in [0.1, 0.15) is 31.2 Å². The van der Waals surface area contributed by atoms with Gasteiger partial charge in [-0.3, -0.25) is 4.79 Å². The Morgan fingerprint density at radius 2 is 1.81 bits per heavy atom. The number of hydrogen-bond acceptors (Lipinski definition) is 5. The minimum absolute atomic E-state index is 0.0408. The van der Waals surface area contributed by atoms with Gasteiger partial charge in [0, 0.05) is 31.4 Å². The second-order valence-corrected chi connectivity index (χ2v) is 9.81. The van der Waals surface area contributed by atoms with Crippen LogP contribution in [0.5, 0.6) is 0 Å². The lowest BCUT2D eigenvalue weighted by molar-refractivity contribution is -0.129. The fraction of sp³-hybridized carbons (Fsp3) is 0.556. The van der Waals surface area contributed by atoms with E-state index in [9.17, 15) is 13.2 Å². The van der Waals surface area contributed by atoms with Crippen LogP contribution in [0.3, 0.4) is 0 Å². The fourth-order valence-corrected chi connectivity index (χ4v) is 6.23. The first-order valence-corrected chi connectivity index (χ1v) is 11.4. The summed E-state index contributed by atoms with van der Waals surface area (Å²) in [5.74, 6) is 0.575. The van der Waals surface area contributed by atoms with Gasteiger partial charge in [0.15, 0.2) is 0 Å². The van der Waals surface area contributed by atoms with E-state index in [-0.39, 0.29) is 29.5 Å². The summed E-state index contributed by atoms with van der Waals surface area (Å²) in [6, 6.07) is 8.17. The Morgan fingerprint density at radius 1 is 1.15 bits per heavy atom. The largest absolute Gasteiger partial charge is 0.339 e. The molecule has 0 unspecified atom stereocenters. The van der Waals surface area contributed by atoms with Crippen molar-refractivity contribution < 1.29 is 13.2 Å². The number of nitriles is 1. The van der Waals surface area contributed by atoms with Gasteiger partial charge in [-0.15, -0.1) is 11.8 Å². The normalized spacial score (nSPS) is 19.4. The van der Waals surface area contributed by atoms with Crippen molar-refractivity contribution in [1.29, 1.82) is 5.26 Å². The summed E-state index contributed by atoms with van der Waals surface area (Å²) in [5.41, 5.74) is 0.152. The van der Waals surface area contributed by atoms with Gasteiger partial charge in [-0.2, -0.15) is 9.57 Å². The van der Waals surface area contributed by atoms with Gasteiger partial charge >= 0.3 is 0 Å². The Morgan fingerprint density at radius 3 is 2.46 bits per heavy atom. The lowest BCUT2D eigenvalue weighted by Crippen LogP contribution is -2.51. The Kier molecular flexibility index (Phi) is 6.22. The number of thioether (sulfide) groups is 1. The molecule has 0 N–H and O–H groups in total. The van der Waals surface area contributed by atoms with Gasteiger partial charge in [-0.25, -0.2) is 8.42 Å². The zero-order valence-corrected chi connectivity index (χ0v) is 16.3. The van der Waals surface area contributed by atoms with Gasteiger partial charge in [-0.05, 0) is 25.0 Å². The number of sulfonamides is 1. The molecule has 8 heteroatoms. The molecule has 1 saturated heterocycles. The number of carbonyl (C=O) groups excluding carboxylic acids is 1. The number of carbonyl (C=O) groups is 1. The standard InChI is InChI=1S/C18H23N3O3S2/c19-13-15-5-1-4-8-17(15)26(23,24)21-11-9-20(10-12-21)18(22)14-25-16-6-2-3-7-16/h1,4-5,8,16H,2-3,6-7,9-12,14H2. The third-order valence-electron chi connectivity index (χ3n) is 4.96. The minimum Gasteiger partial charge on any atom is -0.339 e. The monoisotopic (exact) mass is 393 g/mol. The maximum atomic E-state index is 12.8. The first kappa shape index (κ1) is 19.2. The van der Waals surface area contributed by atoms with E-state index >= 15 is 0 Å². The van der Waals surface area contributed by atoms with Crippen molar-refractivity contribution in [3.8, 4) is 6.07 Å². The Bertz CT molecular complexity index is 790. The Labute approximate surface area is 159 Å². The molecule has 0 atom stereocenters. The summed E-state index contributed by atoms with van der Waals surface area (Å²) < 4.78 is 27.0. The maximum Gasteiger partial charge on any atom is 0.244 e. The maximum absolute atomic E-state index is 12.8. The highest BCUT2D eigenvalue weighted by Gasteiger charge is 2.31. The van der Waals surface area contributed by atoms with Crippen LogP contribution < -0.4 is 0 Å². The number of amides is 1. The van der Waals surface area contributed by atoms with Crippen molar-refractivity contribution in [2.24, 2.45) is 0 Å². The number of piperazine rings is 1. The summed E-state index contributed by atoms with van der Waals surface area (Å²) >= 11 is 1.73. The quantitative estimate of drug-likeness (QED) is 0.765. The van der Waals surface area contributed by atoms with Gasteiger partial charge in [-0.1, -0.05) is 25.0 Å². The molecule has 1 aromatic rings. The van der Waals surface area contributed by atoms with Crippen molar-refractivity contribution in [3.63, 3.8) is 0 Å². The molecule has 26 heavy (non-hydrogen) atoms. The number of benzene rings is 1. The molecular formula is C18H23N3O3S2. The fourth-order valence-electron chi connectivity index (χ4n) is 3.44. The van der Waals surface area contributed by atoms with Crippen LogP contribution in [-0.4, -0.2) is 60.7 Å². The summed E-state index contributed by atoms with van der Waals surface area (Å²) in [6.07, 6.45) is 4.91. The average Bonchev–Trinajstić information content (AvgIpc) is 3.19. The van der Waals surface area contributed by atoms with Crippen LogP contribution in [0, 0.1) is 11.3 Å². The van der Waals surface area contributed by atoms with Crippen molar-refractivity contribution in [1.82, 2.24) is 9.21 Å². The van der Waals surface area contributed by atoms with Crippen molar-refractivity contribution >= 4 is 27.7 Å². The van der Waals surface area contributed by atoms with Crippen LogP contribution in [0.25, 0.3) is 0 Å². The van der Waals surface area contributed by atoms with Crippen LogP contribution in [0.15, 0.2) is 29.2 Å². The molecule has 1 aromatic carbocycles. The van der Waals surface area contributed by atoms with E-state index in [0.29, 0.717) is 24.1 Å². The highest BCUT2D eigenvalue weighted by Crippen LogP contribution is 2.29. The molecule has 140 valence electrons. The molecule has 1 heterocycles. The number of nitrogens with zero attached hydrogens (tertiary/aromatic N) is 3. The molecule has 0 aromatic heterocycles. The molecule has 0 bridgehead atoms. The van der Waals surface area contributed by atoms with E-state index in [1.54, 1.807) is 28.8 Å². The van der Waals surface area contributed by atoms with Crippen molar-refractivity contribution in [3.05, 3.63) is 29.8 Å². The molecule has 1 aliphatic carbocycles. The lowest BCUT2D eigenvalue weighted by Gasteiger charge is -2.34. The second-order valence-electron chi connectivity index (χ2n) is 6.61. The Hall–Kier alpha value is -1.56. The number of hydrogen-bond donors (Lipinski definition) is 0. The molecule has 0 radical (unpaired) electrons. The highest BCUT2D eigenvalue weighted by atomic mass is 32.2. The highest BCUT2D eigenvalue weighted by molar-refractivity contribution is 8.00. The molecule has 6 nitrogen and oxygen atoms in total. The first-order chi connectivity index (χ1) is 12.5. The van der Waals surface area contributed by atoms with E-state index in [0.717, 1.165) is 0 Å².